The molecule has 0 bridgehead atoms. The topological polar surface area (TPSA) is 62.3 Å². The summed E-state index contributed by atoms with van der Waals surface area (Å²) in [5.41, 5.74) is -1.08. The molecule has 11 heteroatoms. The Morgan fingerprint density at radius 1 is 0.971 bits per heavy atom. The number of aromatic nitrogens is 1. The van der Waals surface area contributed by atoms with Crippen LogP contribution >= 0.6 is 0 Å². The van der Waals surface area contributed by atoms with Crippen LogP contribution in [0.2, 0.25) is 0 Å². The monoisotopic (exact) mass is 493 g/mol. The Morgan fingerprint density at radius 3 is 2.29 bits per heavy atom. The van der Waals surface area contributed by atoms with Crippen LogP contribution in [0.5, 0.6) is 0 Å². The molecular weight excluding hydrogens is 476 g/mol. The molecule has 0 aliphatic carbocycles. The fraction of sp³-hybridized carbons (Fsp3) is 0.208. The highest BCUT2D eigenvalue weighted by atomic mass is 19.4. The number of fused-ring (bicyclic) bond motifs is 1. The minimum atomic E-state index is -4.58. The number of nitrogens with one attached hydrogen (secondary N) is 1. The quantitative estimate of drug-likeness (QED) is 0.453. The molecule has 4 rings (SSSR count). The number of anilines is 1. The molecule has 0 spiro atoms. The first-order valence-electron chi connectivity index (χ1n) is 10.4. The molecule has 1 unspecified atom stereocenters. The zero-order valence-corrected chi connectivity index (χ0v) is 17.9. The smallest absolute Gasteiger partial charge is 0.327 e. The summed E-state index contributed by atoms with van der Waals surface area (Å²) < 4.78 is 80.4. The van der Waals surface area contributed by atoms with Gasteiger partial charge in [-0.15, -0.1) is 0 Å². The average Bonchev–Trinajstić information content (AvgIpc) is 3.08. The van der Waals surface area contributed by atoms with Gasteiger partial charge in [0.25, 0.3) is 5.91 Å². The van der Waals surface area contributed by atoms with Gasteiger partial charge in [0.1, 0.15) is 23.3 Å². The van der Waals surface area contributed by atoms with Crippen molar-refractivity contribution in [2.24, 2.45) is 0 Å². The van der Waals surface area contributed by atoms with Gasteiger partial charge in [-0.25, -0.2) is 18.2 Å². The Kier molecular flexibility index (Phi) is 6.51. The van der Waals surface area contributed by atoms with Gasteiger partial charge < -0.3 is 10.2 Å². The van der Waals surface area contributed by atoms with Gasteiger partial charge in [0.05, 0.1) is 17.2 Å². The molecule has 0 radical (unpaired) electrons. The van der Waals surface area contributed by atoms with E-state index in [0.717, 1.165) is 24.3 Å². The molecule has 1 N–H and O–H groups in total. The van der Waals surface area contributed by atoms with Crippen molar-refractivity contribution in [3.63, 3.8) is 0 Å². The third-order valence-corrected chi connectivity index (χ3v) is 5.59. The van der Waals surface area contributed by atoms with E-state index in [9.17, 15) is 35.9 Å². The van der Waals surface area contributed by atoms with Crippen molar-refractivity contribution < 1.29 is 35.9 Å². The number of carbonyl (C=O) groups is 2. The summed E-state index contributed by atoms with van der Waals surface area (Å²) in [6.45, 7) is -0.0839. The molecule has 2 aromatic carbocycles. The molecule has 0 fully saturated rings. The highest BCUT2D eigenvalue weighted by Gasteiger charge is 2.41. The molecule has 1 aliphatic heterocycles. The lowest BCUT2D eigenvalue weighted by Gasteiger charge is -2.25. The van der Waals surface area contributed by atoms with Crippen molar-refractivity contribution in [3.05, 3.63) is 94.4 Å². The van der Waals surface area contributed by atoms with E-state index in [1.165, 1.54) is 29.2 Å². The molecular formula is C24H17F6N3O2. The molecule has 1 aliphatic rings. The third kappa shape index (κ3) is 5.13. The average molecular weight is 493 g/mol. The Labute approximate surface area is 195 Å². The maximum absolute atomic E-state index is 14.7. The molecule has 5 nitrogen and oxygen atoms in total. The summed E-state index contributed by atoms with van der Waals surface area (Å²) >= 11 is 0. The SMILES string of the molecule is O=C(CCC1c2c(F)ccc(F)c2C(=O)N1Cc1ccc(F)cc1)Nc1ccc(C(F)(F)F)cn1. The van der Waals surface area contributed by atoms with Crippen LogP contribution in [-0.2, 0) is 17.5 Å². The highest BCUT2D eigenvalue weighted by Crippen LogP contribution is 2.40. The van der Waals surface area contributed by atoms with Gasteiger partial charge in [-0.3, -0.25) is 9.59 Å². The maximum Gasteiger partial charge on any atom is 0.417 e. The fourth-order valence-corrected chi connectivity index (χ4v) is 3.93. The van der Waals surface area contributed by atoms with E-state index in [1.54, 1.807) is 0 Å². The van der Waals surface area contributed by atoms with Crippen molar-refractivity contribution in [1.29, 1.82) is 0 Å². The number of rotatable bonds is 6. The zero-order chi connectivity index (χ0) is 25.3. The minimum Gasteiger partial charge on any atom is -0.327 e. The predicted octanol–water partition coefficient (Wildman–Crippen LogP) is 5.63. The second-order valence-electron chi connectivity index (χ2n) is 7.91. The Bertz CT molecular complexity index is 1260. The number of hydrogen-bond acceptors (Lipinski definition) is 3. The summed E-state index contributed by atoms with van der Waals surface area (Å²) in [6, 6.07) is 7.71. The summed E-state index contributed by atoms with van der Waals surface area (Å²) in [7, 11) is 0. The third-order valence-electron chi connectivity index (χ3n) is 5.59. The number of alkyl halides is 3. The van der Waals surface area contributed by atoms with Crippen LogP contribution in [0.15, 0.2) is 54.7 Å². The lowest BCUT2D eigenvalue weighted by molar-refractivity contribution is -0.137. The highest BCUT2D eigenvalue weighted by molar-refractivity contribution is 5.99. The van der Waals surface area contributed by atoms with E-state index in [4.69, 9.17) is 0 Å². The first-order valence-corrected chi connectivity index (χ1v) is 10.4. The Balaban J connectivity index is 1.52. The summed E-state index contributed by atoms with van der Waals surface area (Å²) in [5.74, 6) is -3.74. The van der Waals surface area contributed by atoms with Gasteiger partial charge in [0.2, 0.25) is 5.91 Å². The number of halogens is 6. The summed E-state index contributed by atoms with van der Waals surface area (Å²) in [6.07, 6.45) is -4.38. The number of benzene rings is 2. The van der Waals surface area contributed by atoms with Crippen molar-refractivity contribution in [3.8, 4) is 0 Å². The fourth-order valence-electron chi connectivity index (χ4n) is 3.93. The minimum absolute atomic E-state index is 0.0839. The molecule has 0 saturated heterocycles. The predicted molar refractivity (Wildman–Crippen MR) is 112 cm³/mol. The Morgan fingerprint density at radius 2 is 1.66 bits per heavy atom. The molecule has 1 aromatic heterocycles. The Hall–Kier alpha value is -3.89. The maximum atomic E-state index is 14.7. The standard InChI is InChI=1S/C24H17F6N3O2/c25-15-4-1-13(2-5-15)12-33-18(21-16(26)6-7-17(27)22(21)23(33)35)8-10-20(34)32-19-9-3-14(11-31-19)24(28,29)30/h1-7,9,11,18H,8,10,12H2,(H,31,32,34). The van der Waals surface area contributed by atoms with Gasteiger partial charge in [-0.2, -0.15) is 13.2 Å². The van der Waals surface area contributed by atoms with Crippen molar-refractivity contribution in [1.82, 2.24) is 9.88 Å². The van der Waals surface area contributed by atoms with E-state index < -0.39 is 52.6 Å². The number of pyridine rings is 1. The van der Waals surface area contributed by atoms with Crippen LogP contribution in [0.3, 0.4) is 0 Å². The number of amides is 2. The lowest BCUT2D eigenvalue weighted by Crippen LogP contribution is -2.28. The molecule has 0 saturated carbocycles. The molecule has 1 atom stereocenters. The van der Waals surface area contributed by atoms with Crippen molar-refractivity contribution in [2.45, 2.75) is 31.6 Å². The van der Waals surface area contributed by atoms with Gasteiger partial charge in [-0.1, -0.05) is 12.1 Å². The van der Waals surface area contributed by atoms with E-state index in [-0.39, 0.29) is 30.8 Å². The lowest BCUT2D eigenvalue weighted by atomic mass is 9.99. The molecule has 182 valence electrons. The largest absolute Gasteiger partial charge is 0.417 e. The van der Waals surface area contributed by atoms with E-state index in [1.807, 2.05) is 0 Å². The zero-order valence-electron chi connectivity index (χ0n) is 17.9. The summed E-state index contributed by atoms with van der Waals surface area (Å²) in [4.78, 5) is 30.1. The van der Waals surface area contributed by atoms with Crippen LogP contribution < -0.4 is 5.32 Å². The normalized spacial score (nSPS) is 15.3. The van der Waals surface area contributed by atoms with Crippen molar-refractivity contribution in [2.75, 3.05) is 5.32 Å². The van der Waals surface area contributed by atoms with Gasteiger partial charge in [-0.05, 0) is 48.4 Å². The van der Waals surface area contributed by atoms with Crippen LogP contribution in [-0.4, -0.2) is 21.7 Å². The second kappa shape index (κ2) is 9.40. The van der Waals surface area contributed by atoms with Crippen molar-refractivity contribution >= 4 is 17.6 Å². The van der Waals surface area contributed by atoms with Gasteiger partial charge in [0, 0.05) is 24.7 Å². The first-order chi connectivity index (χ1) is 16.5. The van der Waals surface area contributed by atoms with Crippen LogP contribution in [0.1, 0.15) is 45.9 Å². The molecule has 35 heavy (non-hydrogen) atoms. The van der Waals surface area contributed by atoms with Crippen LogP contribution in [0, 0.1) is 17.5 Å². The van der Waals surface area contributed by atoms with Gasteiger partial charge in [0.15, 0.2) is 0 Å². The molecule has 2 amide bonds. The van der Waals surface area contributed by atoms with Crippen LogP contribution in [0.25, 0.3) is 0 Å². The number of hydrogen-bond donors (Lipinski definition) is 1. The second-order valence-corrected chi connectivity index (χ2v) is 7.91. The van der Waals surface area contributed by atoms with Crippen LogP contribution in [0.4, 0.5) is 32.2 Å². The molecule has 2 heterocycles. The van der Waals surface area contributed by atoms with E-state index in [0.29, 0.717) is 11.8 Å². The van der Waals surface area contributed by atoms with E-state index in [2.05, 4.69) is 10.3 Å². The van der Waals surface area contributed by atoms with E-state index >= 15 is 0 Å². The first kappa shape index (κ1) is 24.2. The summed E-state index contributed by atoms with van der Waals surface area (Å²) in [5, 5.41) is 2.35. The van der Waals surface area contributed by atoms with Gasteiger partial charge >= 0.3 is 6.18 Å². The number of carbonyl (C=O) groups excluding carboxylic acids is 2. The molecule has 3 aromatic rings. The number of nitrogens with zero attached hydrogens (tertiary/aromatic N) is 2.